The molecular weight excluding hydrogens is 328 g/mol. The quantitative estimate of drug-likeness (QED) is 0.846. The highest BCUT2D eigenvalue weighted by Crippen LogP contribution is 2.31. The van der Waals surface area contributed by atoms with E-state index in [0.29, 0.717) is 4.91 Å². The van der Waals surface area contributed by atoms with Gasteiger partial charge in [0.2, 0.25) is 0 Å². The lowest BCUT2D eigenvalue weighted by Crippen LogP contribution is -2.42. The summed E-state index contributed by atoms with van der Waals surface area (Å²) in [6, 6.07) is 7.62. The summed E-state index contributed by atoms with van der Waals surface area (Å²) in [5.41, 5.74) is 1.31. The lowest BCUT2D eigenvalue weighted by molar-refractivity contribution is -0.122. The van der Waals surface area contributed by atoms with Gasteiger partial charge in [-0.15, -0.1) is 0 Å². The van der Waals surface area contributed by atoms with Crippen LogP contribution in [0, 0.1) is 6.92 Å². The molecule has 2 rings (SSSR count). The Labute approximate surface area is 145 Å². The molecule has 1 aliphatic rings. The average Bonchev–Trinajstić information content (AvgIpc) is 2.72. The van der Waals surface area contributed by atoms with E-state index in [-0.39, 0.29) is 6.67 Å². The van der Waals surface area contributed by atoms with Crippen LogP contribution < -0.4 is 5.32 Å². The van der Waals surface area contributed by atoms with Gasteiger partial charge in [-0.25, -0.2) is 9.69 Å². The van der Waals surface area contributed by atoms with E-state index in [1.54, 1.807) is 26.8 Å². The van der Waals surface area contributed by atoms with Crippen LogP contribution in [0.15, 0.2) is 29.2 Å². The number of carbonyl (C=O) groups is 3. The zero-order chi connectivity index (χ0) is 17.9. The summed E-state index contributed by atoms with van der Waals surface area (Å²) in [5, 5.41) is 1.99. The molecule has 0 aromatic heterocycles. The summed E-state index contributed by atoms with van der Waals surface area (Å²) in [6.45, 7) is 6.95. The van der Waals surface area contributed by atoms with Gasteiger partial charge in [-0.2, -0.15) is 0 Å². The second-order valence-corrected chi connectivity index (χ2v) is 7.35. The molecule has 3 amide bonds. The minimum Gasteiger partial charge on any atom is -0.444 e. The van der Waals surface area contributed by atoms with Crippen molar-refractivity contribution in [1.82, 2.24) is 10.2 Å². The van der Waals surface area contributed by atoms with E-state index >= 15 is 0 Å². The van der Waals surface area contributed by atoms with E-state index in [0.717, 1.165) is 27.8 Å². The first-order valence-electron chi connectivity index (χ1n) is 7.44. The van der Waals surface area contributed by atoms with Gasteiger partial charge in [-0.05, 0) is 51.1 Å². The number of benzene rings is 1. The summed E-state index contributed by atoms with van der Waals surface area (Å²) in [5.74, 6) is -0.429. The zero-order valence-corrected chi connectivity index (χ0v) is 14.9. The van der Waals surface area contributed by atoms with Gasteiger partial charge in [0.05, 0.1) is 4.91 Å². The Bertz CT molecular complexity index is 690. The van der Waals surface area contributed by atoms with Crippen LogP contribution in [0.3, 0.4) is 0 Å². The molecular formula is C17H20N2O4S. The molecule has 0 aliphatic carbocycles. The van der Waals surface area contributed by atoms with Crippen LogP contribution in [-0.4, -0.2) is 34.4 Å². The fourth-order valence-electron chi connectivity index (χ4n) is 1.91. The van der Waals surface area contributed by atoms with E-state index in [9.17, 15) is 14.4 Å². The molecule has 0 bridgehead atoms. The monoisotopic (exact) mass is 348 g/mol. The van der Waals surface area contributed by atoms with Crippen molar-refractivity contribution in [2.24, 2.45) is 0 Å². The van der Waals surface area contributed by atoms with Crippen LogP contribution in [0.2, 0.25) is 0 Å². The van der Waals surface area contributed by atoms with Gasteiger partial charge in [0.1, 0.15) is 12.3 Å². The van der Waals surface area contributed by atoms with Gasteiger partial charge in [-0.3, -0.25) is 9.59 Å². The third-order valence-electron chi connectivity index (χ3n) is 3.03. The fraction of sp³-hybridized carbons (Fsp3) is 0.353. The van der Waals surface area contributed by atoms with E-state index in [1.165, 1.54) is 0 Å². The number of hydrogen-bond acceptors (Lipinski definition) is 5. The number of imide groups is 1. The number of alkyl carbamates (subject to hydrolysis) is 1. The van der Waals surface area contributed by atoms with Crippen LogP contribution in [0.5, 0.6) is 0 Å². The maximum Gasteiger partial charge on any atom is 0.409 e. The van der Waals surface area contributed by atoms with Crippen molar-refractivity contribution in [2.45, 2.75) is 33.3 Å². The van der Waals surface area contributed by atoms with Gasteiger partial charge in [0.25, 0.3) is 11.1 Å². The number of thioether (sulfide) groups is 1. The van der Waals surface area contributed by atoms with Gasteiger partial charge in [0, 0.05) is 0 Å². The van der Waals surface area contributed by atoms with Gasteiger partial charge < -0.3 is 10.1 Å². The Morgan fingerprint density at radius 3 is 2.46 bits per heavy atom. The molecule has 1 N–H and O–H groups in total. The molecule has 128 valence electrons. The number of carbonyl (C=O) groups excluding carboxylic acids is 3. The molecule has 0 unspecified atom stereocenters. The minimum atomic E-state index is -0.677. The molecule has 1 heterocycles. The van der Waals surface area contributed by atoms with Crippen molar-refractivity contribution >= 4 is 35.1 Å². The second kappa shape index (κ2) is 7.09. The number of aryl methyl sites for hydroxylation is 1. The number of nitrogens with one attached hydrogen (secondary N) is 1. The zero-order valence-electron chi connectivity index (χ0n) is 14.1. The number of ether oxygens (including phenoxy) is 1. The standard InChI is InChI=1S/C17H20N2O4S/c1-11-5-7-12(8-6-11)9-13-14(20)19(16(22)24-13)10-18-15(21)23-17(2,3)4/h5-9H,10H2,1-4H3,(H,18,21)/b13-9-. The topological polar surface area (TPSA) is 75.7 Å². The first-order chi connectivity index (χ1) is 11.2. The SMILES string of the molecule is Cc1ccc(/C=C2\SC(=O)N(CNC(=O)OC(C)(C)C)C2=O)cc1. The summed E-state index contributed by atoms with van der Waals surface area (Å²) >= 11 is 0.852. The summed E-state index contributed by atoms with van der Waals surface area (Å²) in [7, 11) is 0. The predicted molar refractivity (Wildman–Crippen MR) is 93.2 cm³/mol. The molecule has 24 heavy (non-hydrogen) atoms. The smallest absolute Gasteiger partial charge is 0.409 e. The summed E-state index contributed by atoms with van der Waals surface area (Å²) < 4.78 is 5.08. The first-order valence-corrected chi connectivity index (χ1v) is 8.26. The predicted octanol–water partition coefficient (Wildman–Crippen LogP) is 3.51. The Morgan fingerprint density at radius 2 is 1.88 bits per heavy atom. The molecule has 1 aromatic rings. The number of nitrogens with zero attached hydrogens (tertiary/aromatic N) is 1. The lowest BCUT2D eigenvalue weighted by Gasteiger charge is -2.21. The Balaban J connectivity index is 2.01. The lowest BCUT2D eigenvalue weighted by atomic mass is 10.1. The van der Waals surface area contributed by atoms with E-state index in [4.69, 9.17) is 4.74 Å². The van der Waals surface area contributed by atoms with Crippen molar-refractivity contribution in [2.75, 3.05) is 6.67 Å². The van der Waals surface area contributed by atoms with Crippen molar-refractivity contribution in [3.63, 3.8) is 0 Å². The first kappa shape index (κ1) is 18.1. The average molecular weight is 348 g/mol. The maximum atomic E-state index is 12.3. The van der Waals surface area contributed by atoms with Gasteiger partial charge in [0.15, 0.2) is 0 Å². The molecule has 7 heteroatoms. The highest BCUT2D eigenvalue weighted by atomic mass is 32.2. The van der Waals surface area contributed by atoms with Crippen LogP contribution in [0.25, 0.3) is 6.08 Å². The van der Waals surface area contributed by atoms with Crippen LogP contribution in [0.4, 0.5) is 9.59 Å². The minimum absolute atomic E-state index is 0.217. The van der Waals surface area contributed by atoms with Gasteiger partial charge in [-0.1, -0.05) is 29.8 Å². The number of rotatable bonds is 3. The van der Waals surface area contributed by atoms with Crippen LogP contribution in [-0.2, 0) is 9.53 Å². The molecule has 0 radical (unpaired) electrons. The van der Waals surface area contributed by atoms with Crippen molar-refractivity contribution in [3.8, 4) is 0 Å². The molecule has 0 saturated carbocycles. The molecule has 1 aromatic carbocycles. The van der Waals surface area contributed by atoms with Crippen LogP contribution >= 0.6 is 11.8 Å². The fourth-order valence-corrected chi connectivity index (χ4v) is 2.75. The van der Waals surface area contributed by atoms with Gasteiger partial charge >= 0.3 is 6.09 Å². The van der Waals surface area contributed by atoms with Crippen molar-refractivity contribution in [1.29, 1.82) is 0 Å². The molecule has 1 aliphatic heterocycles. The largest absolute Gasteiger partial charge is 0.444 e. The van der Waals surface area contributed by atoms with E-state index < -0.39 is 22.8 Å². The summed E-state index contributed by atoms with van der Waals surface area (Å²) in [4.78, 5) is 37.2. The Kier molecular flexibility index (Phi) is 5.33. The third-order valence-corrected chi connectivity index (χ3v) is 3.94. The molecule has 1 fully saturated rings. The molecule has 0 atom stereocenters. The molecule has 6 nitrogen and oxygen atoms in total. The number of hydrogen-bond donors (Lipinski definition) is 1. The van der Waals surface area contributed by atoms with E-state index in [1.807, 2.05) is 31.2 Å². The normalized spacial score (nSPS) is 16.7. The summed E-state index contributed by atoms with van der Waals surface area (Å²) in [6.07, 6.45) is 0.988. The second-order valence-electron chi connectivity index (χ2n) is 6.36. The highest BCUT2D eigenvalue weighted by Gasteiger charge is 2.35. The molecule has 1 saturated heterocycles. The number of amides is 3. The maximum absolute atomic E-state index is 12.3. The van der Waals surface area contributed by atoms with Crippen molar-refractivity contribution < 1.29 is 19.1 Å². The Morgan fingerprint density at radius 1 is 1.25 bits per heavy atom. The van der Waals surface area contributed by atoms with Crippen molar-refractivity contribution in [3.05, 3.63) is 40.3 Å². The Hall–Kier alpha value is -2.28. The van der Waals surface area contributed by atoms with Crippen LogP contribution in [0.1, 0.15) is 31.9 Å². The third kappa shape index (κ3) is 4.86. The molecule has 0 spiro atoms. The highest BCUT2D eigenvalue weighted by molar-refractivity contribution is 8.18. The van der Waals surface area contributed by atoms with E-state index in [2.05, 4.69) is 5.32 Å².